The molecule has 0 aliphatic heterocycles. The summed E-state index contributed by atoms with van der Waals surface area (Å²) in [6.45, 7) is 8.23. The van der Waals surface area contributed by atoms with Crippen LogP contribution in [-0.4, -0.2) is 19.2 Å². The number of halogens is 1. The summed E-state index contributed by atoms with van der Waals surface area (Å²) in [5, 5.41) is 4.02. The summed E-state index contributed by atoms with van der Waals surface area (Å²) in [7, 11) is 0. The van der Waals surface area contributed by atoms with Crippen LogP contribution < -0.4 is 10.1 Å². The van der Waals surface area contributed by atoms with Gasteiger partial charge in [-0.2, -0.15) is 0 Å². The number of nitrogens with one attached hydrogen (secondary N) is 1. The number of rotatable bonds is 6. The maximum atomic E-state index is 5.92. The van der Waals surface area contributed by atoms with Gasteiger partial charge in [0.1, 0.15) is 11.9 Å². The molecule has 0 saturated carbocycles. The molecule has 0 bridgehead atoms. The highest BCUT2D eigenvalue weighted by atomic mass is 35.5. The Morgan fingerprint density at radius 3 is 2.69 bits per heavy atom. The summed E-state index contributed by atoms with van der Waals surface area (Å²) in [5.74, 6) is 1.31. The molecule has 90 valence electrons. The van der Waals surface area contributed by atoms with Crippen molar-refractivity contribution >= 4 is 11.6 Å². The van der Waals surface area contributed by atoms with Crippen LogP contribution in [0.1, 0.15) is 20.8 Å². The summed E-state index contributed by atoms with van der Waals surface area (Å²) in [6.07, 6.45) is 0.179. The Morgan fingerprint density at radius 1 is 1.38 bits per heavy atom. The van der Waals surface area contributed by atoms with Gasteiger partial charge in [0.05, 0.1) is 0 Å². The fourth-order valence-corrected chi connectivity index (χ4v) is 1.60. The van der Waals surface area contributed by atoms with E-state index in [-0.39, 0.29) is 6.10 Å². The molecular formula is C13H20ClNO. The Bertz CT molecular complexity index is 315. The Labute approximate surface area is 103 Å². The van der Waals surface area contributed by atoms with Crippen molar-refractivity contribution in [1.29, 1.82) is 0 Å². The van der Waals surface area contributed by atoms with E-state index in [1.165, 1.54) is 0 Å². The minimum Gasteiger partial charge on any atom is -0.489 e. The Morgan fingerprint density at radius 2 is 2.12 bits per heavy atom. The molecule has 0 aliphatic carbocycles. The van der Waals surface area contributed by atoms with Crippen molar-refractivity contribution in [3.05, 3.63) is 29.3 Å². The summed E-state index contributed by atoms with van der Waals surface area (Å²) in [6, 6.07) is 7.54. The third kappa shape index (κ3) is 4.42. The first-order chi connectivity index (χ1) is 7.63. The number of hydrogen-bond acceptors (Lipinski definition) is 2. The van der Waals surface area contributed by atoms with E-state index in [0.717, 1.165) is 18.8 Å². The van der Waals surface area contributed by atoms with Crippen LogP contribution in [0.2, 0.25) is 5.02 Å². The number of likely N-dealkylation sites (N-methyl/N-ethyl adjacent to an activating group) is 1. The summed E-state index contributed by atoms with van der Waals surface area (Å²) < 4.78 is 5.91. The molecule has 0 fully saturated rings. The van der Waals surface area contributed by atoms with Crippen LogP contribution in [0.5, 0.6) is 5.75 Å². The van der Waals surface area contributed by atoms with Gasteiger partial charge in [0.15, 0.2) is 0 Å². The number of hydrogen-bond donors (Lipinski definition) is 1. The molecule has 2 nitrogen and oxygen atoms in total. The summed E-state index contributed by atoms with van der Waals surface area (Å²) >= 11 is 5.92. The van der Waals surface area contributed by atoms with Crippen LogP contribution >= 0.6 is 11.6 Å². The zero-order chi connectivity index (χ0) is 12.0. The van der Waals surface area contributed by atoms with Gasteiger partial charge in [-0.3, -0.25) is 0 Å². The highest BCUT2D eigenvalue weighted by Crippen LogP contribution is 2.20. The van der Waals surface area contributed by atoms with Crippen molar-refractivity contribution in [3.8, 4) is 5.75 Å². The van der Waals surface area contributed by atoms with Crippen LogP contribution in [0.4, 0.5) is 0 Å². The predicted octanol–water partition coefficient (Wildman–Crippen LogP) is 3.35. The fraction of sp³-hybridized carbons (Fsp3) is 0.538. The standard InChI is InChI=1S/C13H20ClNO/c1-4-15-9-13(10(2)3)16-12-7-5-6-11(14)8-12/h5-8,10,13,15H,4,9H2,1-3H3. The lowest BCUT2D eigenvalue weighted by molar-refractivity contribution is 0.149. The Hall–Kier alpha value is -0.730. The largest absolute Gasteiger partial charge is 0.489 e. The van der Waals surface area contributed by atoms with E-state index in [9.17, 15) is 0 Å². The van der Waals surface area contributed by atoms with E-state index in [4.69, 9.17) is 16.3 Å². The molecule has 1 N–H and O–H groups in total. The molecule has 1 aromatic carbocycles. The first kappa shape index (κ1) is 13.3. The highest BCUT2D eigenvalue weighted by Gasteiger charge is 2.14. The molecule has 1 unspecified atom stereocenters. The number of ether oxygens (including phenoxy) is 1. The van der Waals surface area contributed by atoms with Crippen LogP contribution in [0.15, 0.2) is 24.3 Å². The van der Waals surface area contributed by atoms with Gasteiger partial charge < -0.3 is 10.1 Å². The molecule has 0 amide bonds. The van der Waals surface area contributed by atoms with Crippen molar-refractivity contribution in [3.63, 3.8) is 0 Å². The van der Waals surface area contributed by atoms with Gasteiger partial charge >= 0.3 is 0 Å². The van der Waals surface area contributed by atoms with Crippen LogP contribution in [0.25, 0.3) is 0 Å². The van der Waals surface area contributed by atoms with Crippen molar-refractivity contribution in [1.82, 2.24) is 5.32 Å². The Kier molecular flexibility index (Phi) is 5.64. The fourth-order valence-electron chi connectivity index (χ4n) is 1.42. The molecule has 0 saturated heterocycles. The van der Waals surface area contributed by atoms with Gasteiger partial charge in [0, 0.05) is 11.6 Å². The second kappa shape index (κ2) is 6.77. The van der Waals surface area contributed by atoms with E-state index >= 15 is 0 Å². The first-order valence-corrected chi connectivity index (χ1v) is 6.14. The van der Waals surface area contributed by atoms with Crippen molar-refractivity contribution in [2.45, 2.75) is 26.9 Å². The average molecular weight is 242 g/mol. The van der Waals surface area contributed by atoms with Crippen LogP contribution in [-0.2, 0) is 0 Å². The molecule has 16 heavy (non-hydrogen) atoms. The van der Waals surface area contributed by atoms with E-state index in [1.807, 2.05) is 24.3 Å². The van der Waals surface area contributed by atoms with Gasteiger partial charge in [-0.05, 0) is 30.7 Å². The maximum Gasteiger partial charge on any atom is 0.121 e. The van der Waals surface area contributed by atoms with Gasteiger partial charge in [-0.1, -0.05) is 38.4 Å². The zero-order valence-electron chi connectivity index (χ0n) is 10.2. The van der Waals surface area contributed by atoms with Crippen molar-refractivity contribution < 1.29 is 4.74 Å². The van der Waals surface area contributed by atoms with Gasteiger partial charge in [0.2, 0.25) is 0 Å². The molecular weight excluding hydrogens is 222 g/mol. The van der Waals surface area contributed by atoms with E-state index in [2.05, 4.69) is 26.1 Å². The second-order valence-electron chi connectivity index (χ2n) is 4.17. The third-order valence-corrected chi connectivity index (χ3v) is 2.66. The topological polar surface area (TPSA) is 21.3 Å². The number of benzene rings is 1. The van der Waals surface area contributed by atoms with Crippen molar-refractivity contribution in [2.75, 3.05) is 13.1 Å². The predicted molar refractivity (Wildman–Crippen MR) is 69.2 cm³/mol. The van der Waals surface area contributed by atoms with Gasteiger partial charge in [-0.15, -0.1) is 0 Å². The molecule has 0 heterocycles. The van der Waals surface area contributed by atoms with Crippen LogP contribution in [0.3, 0.4) is 0 Å². The molecule has 1 aromatic rings. The van der Waals surface area contributed by atoms with E-state index < -0.39 is 0 Å². The SMILES string of the molecule is CCNCC(Oc1cccc(Cl)c1)C(C)C. The lowest BCUT2D eigenvalue weighted by atomic mass is 10.1. The lowest BCUT2D eigenvalue weighted by Crippen LogP contribution is -2.35. The summed E-state index contributed by atoms with van der Waals surface area (Å²) in [4.78, 5) is 0. The Balaban J connectivity index is 2.60. The summed E-state index contributed by atoms with van der Waals surface area (Å²) in [5.41, 5.74) is 0. The zero-order valence-corrected chi connectivity index (χ0v) is 10.9. The second-order valence-corrected chi connectivity index (χ2v) is 4.60. The minimum absolute atomic E-state index is 0.179. The van der Waals surface area contributed by atoms with Gasteiger partial charge in [0.25, 0.3) is 0 Å². The van der Waals surface area contributed by atoms with Crippen molar-refractivity contribution in [2.24, 2.45) is 5.92 Å². The van der Waals surface area contributed by atoms with Gasteiger partial charge in [-0.25, -0.2) is 0 Å². The van der Waals surface area contributed by atoms with E-state index in [0.29, 0.717) is 10.9 Å². The first-order valence-electron chi connectivity index (χ1n) is 5.76. The van der Waals surface area contributed by atoms with Crippen LogP contribution in [0, 0.1) is 5.92 Å². The molecule has 0 spiro atoms. The smallest absolute Gasteiger partial charge is 0.121 e. The minimum atomic E-state index is 0.179. The molecule has 0 aromatic heterocycles. The molecule has 0 radical (unpaired) electrons. The molecule has 1 rings (SSSR count). The quantitative estimate of drug-likeness (QED) is 0.825. The lowest BCUT2D eigenvalue weighted by Gasteiger charge is -2.23. The highest BCUT2D eigenvalue weighted by molar-refractivity contribution is 6.30. The maximum absolute atomic E-state index is 5.92. The monoisotopic (exact) mass is 241 g/mol. The molecule has 0 aliphatic rings. The molecule has 3 heteroatoms. The normalized spacial score (nSPS) is 12.8. The molecule has 1 atom stereocenters. The average Bonchev–Trinajstić information content (AvgIpc) is 2.24. The third-order valence-electron chi connectivity index (χ3n) is 2.42. The van der Waals surface area contributed by atoms with E-state index in [1.54, 1.807) is 0 Å².